The van der Waals surface area contributed by atoms with Crippen LogP contribution in [0.4, 0.5) is 0 Å². The predicted molar refractivity (Wildman–Crippen MR) is 120 cm³/mol. The van der Waals surface area contributed by atoms with Gasteiger partial charge in [-0.1, -0.05) is 49.9 Å². The third-order valence-corrected chi connectivity index (χ3v) is 5.55. The number of rotatable bonds is 8. The molecular weight excluding hydrogens is 461 g/mol. The van der Waals surface area contributed by atoms with E-state index in [4.69, 9.17) is 0 Å². The van der Waals surface area contributed by atoms with Crippen molar-refractivity contribution in [2.75, 3.05) is 19.8 Å². The van der Waals surface area contributed by atoms with Crippen LogP contribution in [0.2, 0.25) is 0 Å². The SMILES string of the molecule is CN=C(NCCCC1CCCC1)NCc1ccc(CS(C)(=O)=O)cc1.I. The standard InChI is InChI=1S/C19H31N3O2S.HI/c1-20-19(21-13-5-8-16-6-3-4-7-16)22-14-17-9-11-18(12-10-17)15-25(2,23)24;/h9-12,16H,3-8,13-15H2,1-2H3,(H2,20,21,22);1H. The van der Waals surface area contributed by atoms with E-state index in [9.17, 15) is 8.42 Å². The van der Waals surface area contributed by atoms with Crippen molar-refractivity contribution in [1.82, 2.24) is 10.6 Å². The number of halogens is 1. The molecule has 1 aromatic carbocycles. The van der Waals surface area contributed by atoms with Gasteiger partial charge in [0.25, 0.3) is 0 Å². The second-order valence-electron chi connectivity index (χ2n) is 7.03. The number of benzene rings is 1. The van der Waals surface area contributed by atoms with E-state index in [-0.39, 0.29) is 29.7 Å². The Balaban J connectivity index is 0.00000338. The lowest BCUT2D eigenvalue weighted by atomic mass is 10.0. The van der Waals surface area contributed by atoms with Gasteiger partial charge in [-0.2, -0.15) is 0 Å². The van der Waals surface area contributed by atoms with Crippen LogP contribution in [0.5, 0.6) is 0 Å². The number of hydrogen-bond acceptors (Lipinski definition) is 3. The number of guanidine groups is 1. The monoisotopic (exact) mass is 493 g/mol. The highest BCUT2D eigenvalue weighted by Crippen LogP contribution is 2.28. The van der Waals surface area contributed by atoms with Crippen LogP contribution in [0.3, 0.4) is 0 Å². The van der Waals surface area contributed by atoms with Gasteiger partial charge in [-0.3, -0.25) is 4.99 Å². The van der Waals surface area contributed by atoms with Crippen LogP contribution in [0, 0.1) is 5.92 Å². The first-order valence-corrected chi connectivity index (χ1v) is 11.2. The third-order valence-electron chi connectivity index (χ3n) is 4.69. The van der Waals surface area contributed by atoms with Crippen LogP contribution in [0.1, 0.15) is 49.7 Å². The summed E-state index contributed by atoms with van der Waals surface area (Å²) in [5, 5.41) is 6.67. The van der Waals surface area contributed by atoms with Crippen LogP contribution in [0.15, 0.2) is 29.3 Å². The lowest BCUT2D eigenvalue weighted by molar-refractivity contribution is 0.481. The second-order valence-corrected chi connectivity index (χ2v) is 9.17. The van der Waals surface area contributed by atoms with E-state index in [1.807, 2.05) is 24.3 Å². The summed E-state index contributed by atoms with van der Waals surface area (Å²) in [6.45, 7) is 1.62. The van der Waals surface area contributed by atoms with Crippen molar-refractivity contribution in [3.63, 3.8) is 0 Å². The Kier molecular flexibility index (Phi) is 10.5. The molecule has 0 heterocycles. The maximum Gasteiger partial charge on any atom is 0.191 e. The Morgan fingerprint density at radius 3 is 2.31 bits per heavy atom. The molecule has 0 atom stereocenters. The summed E-state index contributed by atoms with van der Waals surface area (Å²) in [5.41, 5.74) is 1.92. The Bertz CT molecular complexity index is 654. The van der Waals surface area contributed by atoms with Crippen molar-refractivity contribution >= 4 is 39.8 Å². The van der Waals surface area contributed by atoms with Crippen molar-refractivity contribution < 1.29 is 8.42 Å². The fourth-order valence-corrected chi connectivity index (χ4v) is 4.16. The first-order chi connectivity index (χ1) is 12.0. The Labute approximate surface area is 175 Å². The van der Waals surface area contributed by atoms with Gasteiger partial charge < -0.3 is 10.6 Å². The van der Waals surface area contributed by atoms with E-state index in [2.05, 4.69) is 15.6 Å². The maximum atomic E-state index is 11.3. The molecule has 148 valence electrons. The zero-order chi connectivity index (χ0) is 18.1. The van der Waals surface area contributed by atoms with Crippen molar-refractivity contribution in [1.29, 1.82) is 0 Å². The largest absolute Gasteiger partial charge is 0.356 e. The van der Waals surface area contributed by atoms with Gasteiger partial charge in [0.05, 0.1) is 5.75 Å². The van der Waals surface area contributed by atoms with Gasteiger partial charge in [-0.15, -0.1) is 24.0 Å². The van der Waals surface area contributed by atoms with Gasteiger partial charge in [0.2, 0.25) is 0 Å². The lowest BCUT2D eigenvalue weighted by Gasteiger charge is -2.13. The maximum absolute atomic E-state index is 11.3. The first-order valence-electron chi connectivity index (χ1n) is 9.16. The summed E-state index contributed by atoms with van der Waals surface area (Å²) in [6, 6.07) is 7.66. The molecular formula is C19H32IN3O2S. The molecule has 1 aliphatic carbocycles. The molecule has 1 aliphatic rings. The lowest BCUT2D eigenvalue weighted by Crippen LogP contribution is -2.37. The zero-order valence-electron chi connectivity index (χ0n) is 15.8. The van der Waals surface area contributed by atoms with E-state index in [0.717, 1.165) is 29.5 Å². The molecule has 0 amide bonds. The highest BCUT2D eigenvalue weighted by molar-refractivity contribution is 14.0. The number of sulfone groups is 1. The van der Waals surface area contributed by atoms with E-state index in [1.54, 1.807) is 7.05 Å². The molecule has 0 aliphatic heterocycles. The van der Waals surface area contributed by atoms with Crippen molar-refractivity contribution in [2.45, 2.75) is 50.8 Å². The van der Waals surface area contributed by atoms with Gasteiger partial charge >= 0.3 is 0 Å². The smallest absolute Gasteiger partial charge is 0.191 e. The van der Waals surface area contributed by atoms with Crippen molar-refractivity contribution in [2.24, 2.45) is 10.9 Å². The minimum atomic E-state index is -2.98. The number of aliphatic imine (C=N–C) groups is 1. The van der Waals surface area contributed by atoms with Gasteiger partial charge in [0, 0.05) is 26.4 Å². The van der Waals surface area contributed by atoms with E-state index < -0.39 is 9.84 Å². The Hall–Kier alpha value is -0.830. The molecule has 1 fully saturated rings. The van der Waals surface area contributed by atoms with Crippen LogP contribution >= 0.6 is 24.0 Å². The molecule has 1 saturated carbocycles. The molecule has 2 N–H and O–H groups in total. The quantitative estimate of drug-likeness (QED) is 0.252. The molecule has 0 radical (unpaired) electrons. The molecule has 2 rings (SSSR count). The first kappa shape index (κ1) is 23.2. The number of hydrogen-bond donors (Lipinski definition) is 2. The molecule has 0 bridgehead atoms. The topological polar surface area (TPSA) is 70.6 Å². The van der Waals surface area contributed by atoms with E-state index in [0.29, 0.717) is 6.54 Å². The fraction of sp³-hybridized carbons (Fsp3) is 0.632. The summed E-state index contributed by atoms with van der Waals surface area (Å²) in [5.74, 6) is 1.83. The minimum absolute atomic E-state index is 0. The highest BCUT2D eigenvalue weighted by atomic mass is 127. The van der Waals surface area contributed by atoms with Gasteiger partial charge in [-0.05, 0) is 29.9 Å². The molecule has 0 aromatic heterocycles. The van der Waals surface area contributed by atoms with Crippen molar-refractivity contribution in [3.05, 3.63) is 35.4 Å². The summed E-state index contributed by atoms with van der Waals surface area (Å²) in [4.78, 5) is 4.25. The molecule has 5 nitrogen and oxygen atoms in total. The van der Waals surface area contributed by atoms with Crippen LogP contribution in [-0.4, -0.2) is 34.2 Å². The summed E-state index contributed by atoms with van der Waals surface area (Å²) in [6.07, 6.45) is 9.38. The molecule has 26 heavy (non-hydrogen) atoms. The third kappa shape index (κ3) is 9.21. The van der Waals surface area contributed by atoms with Crippen LogP contribution in [0.25, 0.3) is 0 Å². The van der Waals surface area contributed by atoms with Gasteiger partial charge in [0.15, 0.2) is 15.8 Å². The normalized spacial score (nSPS) is 15.5. The van der Waals surface area contributed by atoms with Crippen LogP contribution < -0.4 is 10.6 Å². The fourth-order valence-electron chi connectivity index (χ4n) is 3.36. The predicted octanol–water partition coefficient (Wildman–Crippen LogP) is 3.48. The van der Waals surface area contributed by atoms with E-state index in [1.165, 1.54) is 44.8 Å². The number of nitrogens with one attached hydrogen (secondary N) is 2. The minimum Gasteiger partial charge on any atom is -0.356 e. The molecule has 7 heteroatoms. The van der Waals surface area contributed by atoms with Gasteiger partial charge in [-0.25, -0.2) is 8.42 Å². The zero-order valence-corrected chi connectivity index (χ0v) is 19.0. The molecule has 1 aromatic rings. The van der Waals surface area contributed by atoms with Gasteiger partial charge in [0.1, 0.15) is 0 Å². The Morgan fingerprint density at radius 1 is 1.12 bits per heavy atom. The second kappa shape index (κ2) is 11.8. The molecule has 0 saturated heterocycles. The summed E-state index contributed by atoms with van der Waals surface area (Å²) in [7, 11) is -1.20. The highest BCUT2D eigenvalue weighted by Gasteiger charge is 2.14. The molecule has 0 unspecified atom stereocenters. The summed E-state index contributed by atoms with van der Waals surface area (Å²) >= 11 is 0. The molecule has 0 spiro atoms. The van der Waals surface area contributed by atoms with E-state index >= 15 is 0 Å². The number of nitrogens with zero attached hydrogens (tertiary/aromatic N) is 1. The van der Waals surface area contributed by atoms with Crippen molar-refractivity contribution in [3.8, 4) is 0 Å². The average molecular weight is 493 g/mol. The van der Waals surface area contributed by atoms with Crippen LogP contribution in [-0.2, 0) is 22.1 Å². The summed E-state index contributed by atoms with van der Waals surface area (Å²) < 4.78 is 22.6. The Morgan fingerprint density at radius 2 is 1.73 bits per heavy atom. The average Bonchev–Trinajstić information content (AvgIpc) is 3.07.